The van der Waals surface area contributed by atoms with Crippen molar-refractivity contribution < 1.29 is 13.9 Å². The van der Waals surface area contributed by atoms with Gasteiger partial charge in [0.15, 0.2) is 0 Å². The molecular weight excluding hydrogens is 468 g/mol. The molecule has 156 valence electrons. The molecule has 0 aliphatic heterocycles. The second-order valence-corrected chi connectivity index (χ2v) is 9.53. The average Bonchev–Trinajstić information content (AvgIpc) is 2.71. The predicted molar refractivity (Wildman–Crippen MR) is 123 cm³/mol. The fraction of sp³-hybridized carbons (Fsp3) is 0.136. The van der Waals surface area contributed by atoms with Gasteiger partial charge in [0.2, 0.25) is 0 Å². The number of anilines is 1. The van der Waals surface area contributed by atoms with Crippen LogP contribution in [0.2, 0.25) is 5.02 Å². The van der Waals surface area contributed by atoms with Gasteiger partial charge >= 0.3 is 3.92 Å². The SMILES string of the molecule is Cc1ccccc1C(=O)N(SC(F)(Cl)Cl)c1cccc(OCc2ccccc2Cl)c1. The molecule has 0 aromatic heterocycles. The van der Waals surface area contributed by atoms with Gasteiger partial charge < -0.3 is 4.74 Å². The number of hydrogen-bond acceptors (Lipinski definition) is 3. The molecule has 1 amide bonds. The largest absolute Gasteiger partial charge is 0.489 e. The van der Waals surface area contributed by atoms with Crippen LogP contribution in [-0.2, 0) is 6.61 Å². The molecule has 0 radical (unpaired) electrons. The maximum atomic E-state index is 14.1. The third kappa shape index (κ3) is 6.05. The molecule has 30 heavy (non-hydrogen) atoms. The molecule has 0 aliphatic rings. The minimum atomic E-state index is -2.70. The van der Waals surface area contributed by atoms with E-state index in [0.29, 0.717) is 34.0 Å². The van der Waals surface area contributed by atoms with Gasteiger partial charge in [-0.05, 0) is 36.8 Å². The van der Waals surface area contributed by atoms with Gasteiger partial charge in [0.1, 0.15) is 12.4 Å². The van der Waals surface area contributed by atoms with Gasteiger partial charge in [0.25, 0.3) is 5.91 Å². The first-order valence-electron chi connectivity index (χ1n) is 8.87. The number of aryl methyl sites for hydroxylation is 1. The van der Waals surface area contributed by atoms with Crippen LogP contribution in [0.3, 0.4) is 0 Å². The van der Waals surface area contributed by atoms with E-state index in [9.17, 15) is 9.18 Å². The fourth-order valence-corrected chi connectivity index (χ4v) is 3.92. The number of ether oxygens (including phenoxy) is 1. The van der Waals surface area contributed by atoms with E-state index < -0.39 is 9.83 Å². The van der Waals surface area contributed by atoms with Crippen molar-refractivity contribution in [2.24, 2.45) is 0 Å². The van der Waals surface area contributed by atoms with Gasteiger partial charge in [-0.2, -0.15) is 4.39 Å². The van der Waals surface area contributed by atoms with E-state index in [1.165, 1.54) is 0 Å². The number of carbonyl (C=O) groups excluding carboxylic acids is 1. The summed E-state index contributed by atoms with van der Waals surface area (Å²) in [5, 5.41) is 0.590. The number of carbonyl (C=O) groups is 1. The van der Waals surface area contributed by atoms with Crippen LogP contribution < -0.4 is 9.04 Å². The van der Waals surface area contributed by atoms with Crippen LogP contribution in [0.5, 0.6) is 5.75 Å². The predicted octanol–water partition coefficient (Wildman–Crippen LogP) is 7.58. The molecule has 3 nitrogen and oxygen atoms in total. The maximum absolute atomic E-state index is 14.1. The first-order chi connectivity index (χ1) is 14.2. The number of benzene rings is 3. The number of amides is 1. The van der Waals surface area contributed by atoms with Gasteiger partial charge in [0.05, 0.1) is 5.69 Å². The topological polar surface area (TPSA) is 29.5 Å². The number of alkyl halides is 3. The second-order valence-electron chi connectivity index (χ2n) is 6.33. The van der Waals surface area contributed by atoms with E-state index in [1.807, 2.05) is 24.3 Å². The van der Waals surface area contributed by atoms with Crippen molar-refractivity contribution in [1.82, 2.24) is 0 Å². The zero-order valence-electron chi connectivity index (χ0n) is 15.8. The summed E-state index contributed by atoms with van der Waals surface area (Å²) in [7, 11) is 0. The van der Waals surface area contributed by atoms with Gasteiger partial charge in [-0.1, -0.05) is 77.3 Å². The highest BCUT2D eigenvalue weighted by Crippen LogP contribution is 2.42. The van der Waals surface area contributed by atoms with Crippen molar-refractivity contribution in [2.75, 3.05) is 4.31 Å². The van der Waals surface area contributed by atoms with E-state index >= 15 is 0 Å². The van der Waals surface area contributed by atoms with Gasteiger partial charge in [-0.15, -0.1) is 0 Å². The highest BCUT2D eigenvalue weighted by atomic mass is 35.5. The summed E-state index contributed by atoms with van der Waals surface area (Å²) in [5.41, 5.74) is 2.34. The molecule has 0 fully saturated rings. The Kier molecular flexibility index (Phi) is 7.53. The summed E-state index contributed by atoms with van der Waals surface area (Å²) in [6, 6.07) is 21.0. The normalized spacial score (nSPS) is 11.2. The van der Waals surface area contributed by atoms with Crippen LogP contribution >= 0.6 is 46.8 Å². The molecule has 3 aromatic rings. The minimum absolute atomic E-state index is 0.236. The summed E-state index contributed by atoms with van der Waals surface area (Å²) in [6.45, 7) is 2.03. The molecule has 0 saturated heterocycles. The fourth-order valence-electron chi connectivity index (χ4n) is 2.71. The lowest BCUT2D eigenvalue weighted by molar-refractivity contribution is 0.101. The van der Waals surface area contributed by atoms with Crippen molar-refractivity contribution in [3.8, 4) is 5.75 Å². The van der Waals surface area contributed by atoms with Crippen LogP contribution in [0.1, 0.15) is 21.5 Å². The average molecular weight is 485 g/mol. The Morgan fingerprint density at radius 2 is 1.77 bits per heavy atom. The molecule has 8 heteroatoms. The number of halogens is 4. The van der Waals surface area contributed by atoms with Gasteiger partial charge in [-0.3, -0.25) is 4.79 Å². The minimum Gasteiger partial charge on any atom is -0.489 e. The first-order valence-corrected chi connectivity index (χ1v) is 10.8. The molecule has 0 atom stereocenters. The summed E-state index contributed by atoms with van der Waals surface area (Å²) in [4.78, 5) is 13.1. The molecule has 0 saturated carbocycles. The van der Waals surface area contributed by atoms with Crippen LogP contribution in [-0.4, -0.2) is 9.83 Å². The van der Waals surface area contributed by atoms with E-state index in [-0.39, 0.29) is 6.61 Å². The zero-order chi connectivity index (χ0) is 21.7. The van der Waals surface area contributed by atoms with Crippen molar-refractivity contribution >= 4 is 58.3 Å². The number of nitrogens with zero attached hydrogens (tertiary/aromatic N) is 1. The molecule has 0 heterocycles. The molecule has 3 aromatic carbocycles. The highest BCUT2D eigenvalue weighted by molar-refractivity contribution is 8.05. The summed E-state index contributed by atoms with van der Waals surface area (Å²) in [6.07, 6.45) is 0. The van der Waals surface area contributed by atoms with E-state index in [1.54, 1.807) is 55.5 Å². The number of rotatable bonds is 7. The number of hydrogen-bond donors (Lipinski definition) is 0. The molecule has 0 unspecified atom stereocenters. The van der Waals surface area contributed by atoms with Crippen molar-refractivity contribution in [3.63, 3.8) is 0 Å². The molecule has 0 N–H and O–H groups in total. The summed E-state index contributed by atoms with van der Waals surface area (Å²) < 4.78 is 18.3. The molecule has 0 spiro atoms. The van der Waals surface area contributed by atoms with Gasteiger partial charge in [0, 0.05) is 34.2 Å². The second kappa shape index (κ2) is 9.92. The third-order valence-electron chi connectivity index (χ3n) is 4.16. The van der Waals surface area contributed by atoms with Crippen LogP contribution in [0.15, 0.2) is 72.8 Å². The lowest BCUT2D eigenvalue weighted by atomic mass is 10.1. The lowest BCUT2D eigenvalue weighted by Gasteiger charge is -2.25. The Morgan fingerprint density at radius 1 is 1.07 bits per heavy atom. The Labute approximate surface area is 193 Å². The van der Waals surface area contributed by atoms with Crippen LogP contribution in [0.25, 0.3) is 0 Å². The molecule has 0 bridgehead atoms. The van der Waals surface area contributed by atoms with Gasteiger partial charge in [-0.25, -0.2) is 4.31 Å². The Balaban J connectivity index is 1.88. The van der Waals surface area contributed by atoms with Crippen LogP contribution in [0.4, 0.5) is 10.1 Å². The van der Waals surface area contributed by atoms with E-state index in [4.69, 9.17) is 39.5 Å². The monoisotopic (exact) mass is 483 g/mol. The lowest BCUT2D eigenvalue weighted by Crippen LogP contribution is -2.27. The Bertz CT molecular complexity index is 1040. The standard InChI is InChI=1S/C22H17Cl3FNO2S/c1-15-7-2-4-11-19(15)21(28)27(30-22(24,25)26)17-9-6-10-18(13-17)29-14-16-8-3-5-12-20(16)23/h2-13H,14H2,1H3. The van der Waals surface area contributed by atoms with E-state index in [0.717, 1.165) is 15.4 Å². The Morgan fingerprint density at radius 3 is 2.47 bits per heavy atom. The van der Waals surface area contributed by atoms with Crippen molar-refractivity contribution in [3.05, 3.63) is 94.5 Å². The molecule has 0 aliphatic carbocycles. The molecular formula is C22H17Cl3FNO2S. The Hall–Kier alpha value is -1.92. The van der Waals surface area contributed by atoms with Crippen molar-refractivity contribution in [1.29, 1.82) is 0 Å². The third-order valence-corrected chi connectivity index (χ3v) is 5.71. The molecule has 3 rings (SSSR count). The van der Waals surface area contributed by atoms with Crippen LogP contribution in [0, 0.1) is 6.92 Å². The summed E-state index contributed by atoms with van der Waals surface area (Å²) in [5.74, 6) is 0.0221. The van der Waals surface area contributed by atoms with Crippen molar-refractivity contribution in [2.45, 2.75) is 17.4 Å². The summed E-state index contributed by atoms with van der Waals surface area (Å²) >= 11 is 17.7. The van der Waals surface area contributed by atoms with E-state index in [2.05, 4.69) is 0 Å². The maximum Gasteiger partial charge on any atom is 0.324 e. The highest BCUT2D eigenvalue weighted by Gasteiger charge is 2.32. The zero-order valence-corrected chi connectivity index (χ0v) is 18.9. The quantitative estimate of drug-likeness (QED) is 0.256. The smallest absolute Gasteiger partial charge is 0.324 e. The first kappa shape index (κ1) is 22.8.